The van der Waals surface area contributed by atoms with Crippen molar-refractivity contribution in [2.75, 3.05) is 0 Å². The summed E-state index contributed by atoms with van der Waals surface area (Å²) >= 11 is 0. The van der Waals surface area contributed by atoms with Crippen LogP contribution in [0.5, 0.6) is 0 Å². The normalized spacial score (nSPS) is 26.5. The summed E-state index contributed by atoms with van der Waals surface area (Å²) < 4.78 is 0. The standard InChI is InChI=1S/C12H14O/c1-9-4-2-3-5-12(9)11-6-10(7-11)8-13/h2-5,8,10-11H,6-7H2,1H3. The van der Waals surface area contributed by atoms with E-state index in [4.69, 9.17) is 0 Å². The molecule has 0 heterocycles. The number of benzene rings is 1. The average molecular weight is 174 g/mol. The smallest absolute Gasteiger partial charge is 0.123 e. The molecule has 1 aliphatic rings. The molecule has 1 saturated carbocycles. The highest BCUT2D eigenvalue weighted by Crippen LogP contribution is 2.41. The van der Waals surface area contributed by atoms with Gasteiger partial charge in [0.15, 0.2) is 0 Å². The predicted octanol–water partition coefficient (Wildman–Crippen LogP) is 2.69. The first-order valence-corrected chi connectivity index (χ1v) is 4.82. The van der Waals surface area contributed by atoms with Crippen LogP contribution < -0.4 is 0 Å². The molecule has 1 aromatic rings. The van der Waals surface area contributed by atoms with Gasteiger partial charge >= 0.3 is 0 Å². The lowest BCUT2D eigenvalue weighted by Crippen LogP contribution is -2.23. The van der Waals surface area contributed by atoms with E-state index in [1.807, 2.05) is 0 Å². The lowest BCUT2D eigenvalue weighted by Gasteiger charge is -2.32. The van der Waals surface area contributed by atoms with Gasteiger partial charge in [-0.15, -0.1) is 0 Å². The van der Waals surface area contributed by atoms with Gasteiger partial charge < -0.3 is 4.79 Å². The first-order valence-electron chi connectivity index (χ1n) is 4.82. The predicted molar refractivity (Wildman–Crippen MR) is 52.7 cm³/mol. The molecule has 0 aliphatic heterocycles. The van der Waals surface area contributed by atoms with Gasteiger partial charge in [0.1, 0.15) is 6.29 Å². The molecular weight excluding hydrogens is 160 g/mol. The van der Waals surface area contributed by atoms with Gasteiger partial charge in [-0.25, -0.2) is 0 Å². The number of aryl methyl sites for hydroxylation is 1. The van der Waals surface area contributed by atoms with Crippen LogP contribution in [-0.4, -0.2) is 6.29 Å². The van der Waals surface area contributed by atoms with Crippen LogP contribution in [0.1, 0.15) is 29.9 Å². The van der Waals surface area contributed by atoms with Crippen molar-refractivity contribution in [1.82, 2.24) is 0 Å². The van der Waals surface area contributed by atoms with E-state index >= 15 is 0 Å². The monoisotopic (exact) mass is 174 g/mol. The summed E-state index contributed by atoms with van der Waals surface area (Å²) in [6.45, 7) is 2.14. The average Bonchev–Trinajstić information content (AvgIpc) is 2.06. The molecule has 1 aliphatic carbocycles. The van der Waals surface area contributed by atoms with Gasteiger partial charge in [0, 0.05) is 5.92 Å². The number of carbonyl (C=O) groups is 1. The molecule has 1 heteroatoms. The first kappa shape index (κ1) is 8.49. The Bertz CT molecular complexity index is 311. The molecule has 0 aromatic heterocycles. The van der Waals surface area contributed by atoms with E-state index in [1.165, 1.54) is 11.1 Å². The summed E-state index contributed by atoms with van der Waals surface area (Å²) in [6.07, 6.45) is 3.19. The maximum Gasteiger partial charge on any atom is 0.123 e. The van der Waals surface area contributed by atoms with Crippen LogP contribution in [0.4, 0.5) is 0 Å². The highest BCUT2D eigenvalue weighted by Gasteiger charge is 2.30. The summed E-state index contributed by atoms with van der Waals surface area (Å²) in [6, 6.07) is 8.47. The van der Waals surface area contributed by atoms with Gasteiger partial charge in [-0.05, 0) is 36.8 Å². The lowest BCUT2D eigenvalue weighted by molar-refractivity contribution is -0.113. The fraction of sp³-hybridized carbons (Fsp3) is 0.417. The fourth-order valence-electron chi connectivity index (χ4n) is 2.07. The summed E-state index contributed by atoms with van der Waals surface area (Å²) in [5.41, 5.74) is 2.79. The van der Waals surface area contributed by atoms with Crippen molar-refractivity contribution in [3.05, 3.63) is 35.4 Å². The maximum atomic E-state index is 10.4. The molecule has 1 aromatic carbocycles. The molecule has 2 rings (SSSR count). The third kappa shape index (κ3) is 1.51. The minimum Gasteiger partial charge on any atom is -0.303 e. The molecule has 0 atom stereocenters. The minimum atomic E-state index is 0.324. The Morgan fingerprint density at radius 2 is 2.00 bits per heavy atom. The van der Waals surface area contributed by atoms with Crippen LogP contribution in [0.2, 0.25) is 0 Å². The zero-order valence-electron chi connectivity index (χ0n) is 7.86. The summed E-state index contributed by atoms with van der Waals surface area (Å²) in [5.74, 6) is 0.959. The second kappa shape index (κ2) is 3.33. The van der Waals surface area contributed by atoms with E-state index in [0.29, 0.717) is 11.8 Å². The molecule has 0 radical (unpaired) electrons. The second-order valence-corrected chi connectivity index (χ2v) is 3.92. The summed E-state index contributed by atoms with van der Waals surface area (Å²) in [7, 11) is 0. The Morgan fingerprint density at radius 1 is 1.31 bits per heavy atom. The first-order chi connectivity index (χ1) is 6.31. The molecular formula is C12H14O. The van der Waals surface area contributed by atoms with E-state index in [2.05, 4.69) is 31.2 Å². The fourth-order valence-corrected chi connectivity index (χ4v) is 2.07. The lowest BCUT2D eigenvalue weighted by atomic mass is 9.71. The molecule has 68 valence electrons. The maximum absolute atomic E-state index is 10.4. The van der Waals surface area contributed by atoms with Gasteiger partial charge in [-0.1, -0.05) is 24.3 Å². The Kier molecular flexibility index (Phi) is 2.17. The van der Waals surface area contributed by atoms with Gasteiger partial charge in [0.05, 0.1) is 0 Å². The molecule has 13 heavy (non-hydrogen) atoms. The highest BCUT2D eigenvalue weighted by molar-refractivity contribution is 5.56. The van der Waals surface area contributed by atoms with Gasteiger partial charge in [-0.2, -0.15) is 0 Å². The topological polar surface area (TPSA) is 17.1 Å². The number of carbonyl (C=O) groups excluding carboxylic acids is 1. The van der Waals surface area contributed by atoms with Crippen molar-refractivity contribution >= 4 is 6.29 Å². The minimum absolute atomic E-state index is 0.324. The van der Waals surface area contributed by atoms with Crippen molar-refractivity contribution in [2.45, 2.75) is 25.7 Å². The van der Waals surface area contributed by atoms with E-state index in [0.717, 1.165) is 19.1 Å². The molecule has 0 amide bonds. The molecule has 0 unspecified atom stereocenters. The van der Waals surface area contributed by atoms with Crippen molar-refractivity contribution < 1.29 is 4.79 Å². The van der Waals surface area contributed by atoms with E-state index in [9.17, 15) is 4.79 Å². The van der Waals surface area contributed by atoms with Crippen LogP contribution in [0, 0.1) is 12.8 Å². The van der Waals surface area contributed by atoms with Crippen LogP contribution >= 0.6 is 0 Å². The number of hydrogen-bond acceptors (Lipinski definition) is 1. The van der Waals surface area contributed by atoms with E-state index < -0.39 is 0 Å². The summed E-state index contributed by atoms with van der Waals surface area (Å²) in [4.78, 5) is 10.4. The number of hydrogen-bond donors (Lipinski definition) is 0. The molecule has 0 spiro atoms. The number of rotatable bonds is 2. The van der Waals surface area contributed by atoms with Crippen molar-refractivity contribution in [3.8, 4) is 0 Å². The van der Waals surface area contributed by atoms with Crippen LogP contribution in [0.25, 0.3) is 0 Å². The van der Waals surface area contributed by atoms with Gasteiger partial charge in [0.2, 0.25) is 0 Å². The van der Waals surface area contributed by atoms with E-state index in [-0.39, 0.29) is 0 Å². The quantitative estimate of drug-likeness (QED) is 0.630. The van der Waals surface area contributed by atoms with Crippen molar-refractivity contribution in [3.63, 3.8) is 0 Å². The highest BCUT2D eigenvalue weighted by atomic mass is 16.1. The van der Waals surface area contributed by atoms with E-state index in [1.54, 1.807) is 0 Å². The Hall–Kier alpha value is -1.11. The van der Waals surface area contributed by atoms with Crippen molar-refractivity contribution in [1.29, 1.82) is 0 Å². The van der Waals surface area contributed by atoms with Crippen molar-refractivity contribution in [2.24, 2.45) is 5.92 Å². The Morgan fingerprint density at radius 3 is 2.62 bits per heavy atom. The third-order valence-corrected chi connectivity index (χ3v) is 3.00. The largest absolute Gasteiger partial charge is 0.303 e. The SMILES string of the molecule is Cc1ccccc1C1CC(C=O)C1. The van der Waals surface area contributed by atoms with Crippen LogP contribution in [-0.2, 0) is 4.79 Å². The molecule has 1 fully saturated rings. The zero-order chi connectivity index (χ0) is 9.26. The molecule has 0 bridgehead atoms. The Labute approximate surface area is 78.8 Å². The second-order valence-electron chi connectivity index (χ2n) is 3.92. The molecule has 1 nitrogen and oxygen atoms in total. The summed E-state index contributed by atoms with van der Waals surface area (Å²) in [5, 5.41) is 0. The van der Waals surface area contributed by atoms with Gasteiger partial charge in [-0.3, -0.25) is 0 Å². The van der Waals surface area contributed by atoms with Gasteiger partial charge in [0.25, 0.3) is 0 Å². The zero-order valence-corrected chi connectivity index (χ0v) is 7.86. The third-order valence-electron chi connectivity index (χ3n) is 3.00. The molecule has 0 saturated heterocycles. The Balaban J connectivity index is 2.11. The van der Waals surface area contributed by atoms with Crippen LogP contribution in [0.15, 0.2) is 24.3 Å². The van der Waals surface area contributed by atoms with Crippen LogP contribution in [0.3, 0.4) is 0 Å². The number of aldehydes is 1. The molecule has 0 N–H and O–H groups in total.